The van der Waals surface area contributed by atoms with E-state index in [1.807, 2.05) is 11.0 Å². The number of aryl methyl sites for hydroxylation is 2. The van der Waals surface area contributed by atoms with Crippen molar-refractivity contribution in [2.24, 2.45) is 5.92 Å². The van der Waals surface area contributed by atoms with Gasteiger partial charge in [-0.15, -0.1) is 11.3 Å². The summed E-state index contributed by atoms with van der Waals surface area (Å²) in [7, 11) is 4.17. The molecule has 1 aliphatic heterocycles. The Morgan fingerprint density at radius 2 is 1.93 bits per heavy atom. The Bertz CT molecular complexity index is 672. The molecule has 1 N–H and O–H groups in total. The lowest BCUT2D eigenvalue weighted by Gasteiger charge is -2.32. The molecule has 2 heterocycles. The second kappa shape index (κ2) is 10.9. The van der Waals surface area contributed by atoms with Gasteiger partial charge in [0, 0.05) is 23.4 Å². The minimum Gasteiger partial charge on any atom is -0.475 e. The van der Waals surface area contributed by atoms with Gasteiger partial charge in [-0.2, -0.15) is 13.2 Å². The molecule has 2 atom stereocenters. The van der Waals surface area contributed by atoms with E-state index >= 15 is 0 Å². The van der Waals surface area contributed by atoms with Crippen LogP contribution in [-0.2, 0) is 9.53 Å². The van der Waals surface area contributed by atoms with Crippen LogP contribution in [0.4, 0.5) is 13.2 Å². The number of nitrogens with zero attached hydrogens (tertiary/aromatic N) is 2. The van der Waals surface area contributed by atoms with Gasteiger partial charge in [0.2, 0.25) is 0 Å². The van der Waals surface area contributed by atoms with E-state index in [1.165, 1.54) is 10.4 Å². The normalized spacial score (nSPS) is 20.1. The van der Waals surface area contributed by atoms with Gasteiger partial charge in [0.1, 0.15) is 0 Å². The van der Waals surface area contributed by atoms with Gasteiger partial charge in [-0.25, -0.2) is 4.79 Å². The molecule has 29 heavy (non-hydrogen) atoms. The predicted molar refractivity (Wildman–Crippen MR) is 105 cm³/mol. The Morgan fingerprint density at radius 1 is 1.34 bits per heavy atom. The lowest BCUT2D eigenvalue weighted by molar-refractivity contribution is -0.192. The summed E-state index contributed by atoms with van der Waals surface area (Å²) in [4.78, 5) is 28.1. The lowest BCUT2D eigenvalue weighted by atomic mass is 9.96. The summed E-state index contributed by atoms with van der Waals surface area (Å²) in [5.41, 5.74) is 1.20. The van der Waals surface area contributed by atoms with Gasteiger partial charge in [0.15, 0.2) is 0 Å². The van der Waals surface area contributed by atoms with E-state index in [-0.39, 0.29) is 11.9 Å². The van der Waals surface area contributed by atoms with Crippen LogP contribution in [0.25, 0.3) is 0 Å². The Labute approximate surface area is 173 Å². The first-order valence-electron chi connectivity index (χ1n) is 9.25. The minimum absolute atomic E-state index is 0.161. The van der Waals surface area contributed by atoms with Gasteiger partial charge in [0.25, 0.3) is 5.91 Å². The number of aliphatic carboxylic acids is 1. The van der Waals surface area contributed by atoms with E-state index in [2.05, 4.69) is 39.8 Å². The summed E-state index contributed by atoms with van der Waals surface area (Å²) in [6.45, 7) is 9.41. The number of alkyl halides is 3. The summed E-state index contributed by atoms with van der Waals surface area (Å²) in [6.07, 6.45) is -4.03. The fourth-order valence-electron chi connectivity index (χ4n) is 2.85. The van der Waals surface area contributed by atoms with Crippen LogP contribution >= 0.6 is 11.3 Å². The first-order valence-corrected chi connectivity index (χ1v) is 10.1. The van der Waals surface area contributed by atoms with E-state index in [0.717, 1.165) is 24.4 Å². The van der Waals surface area contributed by atoms with Crippen molar-refractivity contribution >= 4 is 23.2 Å². The highest BCUT2D eigenvalue weighted by Crippen LogP contribution is 2.26. The molecule has 0 radical (unpaired) electrons. The average molecular weight is 439 g/mol. The maximum Gasteiger partial charge on any atom is 0.490 e. The van der Waals surface area contributed by atoms with Gasteiger partial charge in [-0.1, -0.05) is 0 Å². The number of hydrogen-bond acceptors (Lipinski definition) is 5. The fraction of sp³-hybridized carbons (Fsp3) is 0.684. The number of amides is 1. The average Bonchev–Trinajstić information content (AvgIpc) is 2.83. The molecule has 10 heteroatoms. The van der Waals surface area contributed by atoms with Gasteiger partial charge in [-0.3, -0.25) is 4.79 Å². The van der Waals surface area contributed by atoms with Crippen LogP contribution < -0.4 is 0 Å². The third-order valence-corrected chi connectivity index (χ3v) is 5.95. The number of hydrogen-bond donors (Lipinski definition) is 1. The Hall–Kier alpha value is -1.65. The van der Waals surface area contributed by atoms with E-state index < -0.39 is 12.1 Å². The van der Waals surface area contributed by atoms with Crippen LogP contribution in [0.3, 0.4) is 0 Å². The van der Waals surface area contributed by atoms with Crippen LogP contribution in [0.1, 0.15) is 33.5 Å². The van der Waals surface area contributed by atoms with Gasteiger partial charge < -0.3 is 19.6 Å². The van der Waals surface area contributed by atoms with Gasteiger partial charge in [0.05, 0.1) is 18.1 Å². The molecule has 1 amide bonds. The van der Waals surface area contributed by atoms with Crippen molar-refractivity contribution in [3.8, 4) is 0 Å². The smallest absolute Gasteiger partial charge is 0.475 e. The molecular weight excluding hydrogens is 409 g/mol. The van der Waals surface area contributed by atoms with Crippen molar-refractivity contribution in [3.05, 3.63) is 21.4 Å². The number of carbonyl (C=O) groups excluding carboxylic acids is 1. The Kier molecular flexibility index (Phi) is 9.57. The molecule has 0 bridgehead atoms. The number of carboxylic acid groups (broad SMARTS) is 1. The molecule has 6 nitrogen and oxygen atoms in total. The predicted octanol–water partition coefficient (Wildman–Crippen LogP) is 3.43. The summed E-state index contributed by atoms with van der Waals surface area (Å²) in [5.74, 6) is -2.20. The van der Waals surface area contributed by atoms with E-state index in [1.54, 1.807) is 11.3 Å². The second-order valence-electron chi connectivity index (χ2n) is 7.32. The maximum absolute atomic E-state index is 12.9. The van der Waals surface area contributed by atoms with Crippen molar-refractivity contribution in [1.82, 2.24) is 9.80 Å². The highest BCUT2D eigenvalue weighted by molar-refractivity contribution is 7.14. The molecule has 1 aromatic rings. The van der Waals surface area contributed by atoms with Gasteiger partial charge >= 0.3 is 12.1 Å². The molecule has 0 unspecified atom stereocenters. The highest BCUT2D eigenvalue weighted by atomic mass is 32.1. The number of carboxylic acids is 1. The molecule has 1 aromatic heterocycles. The Balaban J connectivity index is 0.000000516. The Morgan fingerprint density at radius 3 is 2.38 bits per heavy atom. The molecule has 1 aliphatic rings. The molecule has 1 saturated heterocycles. The summed E-state index contributed by atoms with van der Waals surface area (Å²) in [5, 5.41) is 7.12. The zero-order valence-electron chi connectivity index (χ0n) is 17.4. The van der Waals surface area contributed by atoms with Crippen LogP contribution in [0.15, 0.2) is 6.07 Å². The zero-order chi connectivity index (χ0) is 22.4. The number of rotatable bonds is 4. The molecule has 0 saturated carbocycles. The third kappa shape index (κ3) is 7.94. The van der Waals surface area contributed by atoms with Crippen molar-refractivity contribution in [3.63, 3.8) is 0 Å². The largest absolute Gasteiger partial charge is 0.490 e. The number of thiophene rings is 1. The molecular formula is C19H29F3N2O4S. The number of halogens is 3. The molecule has 0 aliphatic carbocycles. The minimum atomic E-state index is -5.08. The summed E-state index contributed by atoms with van der Waals surface area (Å²) < 4.78 is 37.5. The van der Waals surface area contributed by atoms with Crippen LogP contribution in [-0.4, -0.2) is 79.4 Å². The topological polar surface area (TPSA) is 70.1 Å². The van der Waals surface area contributed by atoms with Gasteiger partial charge in [-0.05, 0) is 59.5 Å². The van der Waals surface area contributed by atoms with E-state index in [4.69, 9.17) is 14.6 Å². The fourth-order valence-corrected chi connectivity index (χ4v) is 3.84. The summed E-state index contributed by atoms with van der Waals surface area (Å²) in [6, 6.07) is 2.24. The maximum atomic E-state index is 12.9. The first-order chi connectivity index (χ1) is 13.3. The SMILES string of the molecule is Cc1cc(C(=O)N2CCOC[C@@H](CCN(C)C)[C@@H]2C)sc1C.O=C(O)C(F)(F)F. The van der Waals surface area contributed by atoms with Crippen LogP contribution in [0.2, 0.25) is 0 Å². The molecule has 2 rings (SSSR count). The van der Waals surface area contributed by atoms with Crippen LogP contribution in [0, 0.1) is 19.8 Å². The second-order valence-corrected chi connectivity index (χ2v) is 8.58. The standard InChI is InChI=1S/C17H28N2O2S.C2HF3O2/c1-12-10-16(22-14(12)3)17(20)19-8-9-21-11-15(13(19)2)6-7-18(4)5;3-2(4,5)1(6)7/h10,13,15H,6-9,11H2,1-5H3;(H,6,7)/t13-,15+;/m0./s1. The first kappa shape index (κ1) is 25.4. The summed E-state index contributed by atoms with van der Waals surface area (Å²) >= 11 is 1.60. The quantitative estimate of drug-likeness (QED) is 0.780. The molecule has 0 aromatic carbocycles. The number of ether oxygens (including phenoxy) is 1. The molecule has 1 fully saturated rings. The third-order valence-electron chi connectivity index (χ3n) is 4.81. The van der Waals surface area contributed by atoms with Crippen LogP contribution in [0.5, 0.6) is 0 Å². The van der Waals surface area contributed by atoms with Crippen molar-refractivity contribution in [1.29, 1.82) is 0 Å². The lowest BCUT2D eigenvalue weighted by Crippen LogP contribution is -2.43. The monoisotopic (exact) mass is 438 g/mol. The zero-order valence-corrected chi connectivity index (χ0v) is 18.2. The van der Waals surface area contributed by atoms with E-state index in [9.17, 15) is 18.0 Å². The van der Waals surface area contributed by atoms with Crippen molar-refractivity contribution in [2.75, 3.05) is 40.4 Å². The highest BCUT2D eigenvalue weighted by Gasteiger charge is 2.38. The van der Waals surface area contributed by atoms with Crippen molar-refractivity contribution < 1.29 is 32.6 Å². The molecule has 166 valence electrons. The number of carbonyl (C=O) groups is 2. The van der Waals surface area contributed by atoms with Crippen molar-refractivity contribution in [2.45, 2.75) is 39.4 Å². The van der Waals surface area contributed by atoms with E-state index in [0.29, 0.717) is 19.1 Å². The molecule has 0 spiro atoms.